The van der Waals surface area contributed by atoms with Crippen LogP contribution < -0.4 is 4.74 Å². The molecule has 0 radical (unpaired) electrons. The molecule has 0 aliphatic carbocycles. The molecule has 0 fully saturated rings. The number of aromatic nitrogens is 2. The topological polar surface area (TPSA) is 47.3 Å². The second kappa shape index (κ2) is 5.42. The maximum atomic E-state index is 9.49. The van der Waals surface area contributed by atoms with Crippen molar-refractivity contribution in [2.24, 2.45) is 7.05 Å². The summed E-state index contributed by atoms with van der Waals surface area (Å²) in [6.07, 6.45) is 1.09. The summed E-state index contributed by atoms with van der Waals surface area (Å²) in [6.45, 7) is 2.06. The van der Waals surface area contributed by atoms with E-state index in [0.717, 1.165) is 11.4 Å². The molecule has 0 amide bonds. The van der Waals surface area contributed by atoms with Crippen LogP contribution in [0.5, 0.6) is 5.75 Å². The highest BCUT2D eigenvalue weighted by Gasteiger charge is 2.06. The fraction of sp³-hybridized carbons (Fsp3) is 0.308. The molecule has 18 heavy (non-hydrogen) atoms. The van der Waals surface area contributed by atoms with Crippen molar-refractivity contribution in [1.82, 2.24) is 9.55 Å². The molecular weight excluding hydrogens is 252 g/mol. The molecule has 1 aromatic heterocycles. The van der Waals surface area contributed by atoms with E-state index in [1.165, 1.54) is 0 Å². The third kappa shape index (κ3) is 2.83. The number of nitrogens with zero attached hydrogens (tertiary/aromatic N) is 2. The molecule has 2 rings (SSSR count). The third-order valence-electron chi connectivity index (χ3n) is 2.74. The van der Waals surface area contributed by atoms with E-state index < -0.39 is 6.10 Å². The summed E-state index contributed by atoms with van der Waals surface area (Å²) in [5.74, 6) is 1.45. The van der Waals surface area contributed by atoms with Crippen LogP contribution >= 0.6 is 11.6 Å². The molecule has 4 nitrogen and oxygen atoms in total. The van der Waals surface area contributed by atoms with Crippen molar-refractivity contribution in [3.05, 3.63) is 47.0 Å². The number of rotatable bonds is 4. The van der Waals surface area contributed by atoms with Crippen molar-refractivity contribution in [3.63, 3.8) is 0 Å². The Labute approximate surface area is 111 Å². The van der Waals surface area contributed by atoms with Crippen LogP contribution in [0.25, 0.3) is 0 Å². The summed E-state index contributed by atoms with van der Waals surface area (Å²) in [4.78, 5) is 4.14. The van der Waals surface area contributed by atoms with Gasteiger partial charge in [0.2, 0.25) is 0 Å². The zero-order chi connectivity index (χ0) is 13.1. The summed E-state index contributed by atoms with van der Waals surface area (Å²) in [7, 11) is 1.83. The van der Waals surface area contributed by atoms with Crippen molar-refractivity contribution in [1.29, 1.82) is 0 Å². The van der Waals surface area contributed by atoms with Gasteiger partial charge >= 0.3 is 0 Å². The molecule has 0 bridgehead atoms. The summed E-state index contributed by atoms with van der Waals surface area (Å²) < 4.78 is 7.39. The molecule has 1 heterocycles. The predicted molar refractivity (Wildman–Crippen MR) is 69.6 cm³/mol. The van der Waals surface area contributed by atoms with Gasteiger partial charge in [0.15, 0.2) is 0 Å². The fourth-order valence-electron chi connectivity index (χ4n) is 1.57. The Morgan fingerprint density at radius 2 is 2.28 bits per heavy atom. The Kier molecular flexibility index (Phi) is 3.89. The van der Waals surface area contributed by atoms with Crippen molar-refractivity contribution in [2.75, 3.05) is 0 Å². The van der Waals surface area contributed by atoms with Gasteiger partial charge in [-0.1, -0.05) is 23.7 Å². The lowest BCUT2D eigenvalue weighted by atomic mass is 10.1. The van der Waals surface area contributed by atoms with Gasteiger partial charge < -0.3 is 14.4 Å². The predicted octanol–water partition coefficient (Wildman–Crippen LogP) is 2.71. The van der Waals surface area contributed by atoms with Crippen LogP contribution in [0.3, 0.4) is 0 Å². The van der Waals surface area contributed by atoms with Gasteiger partial charge in [-0.3, -0.25) is 0 Å². The molecule has 0 saturated heterocycles. The molecule has 1 atom stereocenters. The summed E-state index contributed by atoms with van der Waals surface area (Å²) in [5.41, 5.74) is 0.824. The molecular formula is C13H15ClN2O2. The van der Waals surface area contributed by atoms with Crippen molar-refractivity contribution < 1.29 is 9.84 Å². The minimum Gasteiger partial charge on any atom is -0.486 e. The number of halogens is 1. The van der Waals surface area contributed by atoms with Crippen LogP contribution in [0.15, 0.2) is 30.5 Å². The lowest BCUT2D eigenvalue weighted by molar-refractivity contribution is 0.198. The van der Waals surface area contributed by atoms with E-state index in [-0.39, 0.29) is 0 Å². The quantitative estimate of drug-likeness (QED) is 0.926. The molecule has 0 aliphatic rings. The van der Waals surface area contributed by atoms with Gasteiger partial charge in [-0.25, -0.2) is 4.98 Å². The Balaban J connectivity index is 2.06. The van der Waals surface area contributed by atoms with Gasteiger partial charge in [0.25, 0.3) is 0 Å². The first-order chi connectivity index (χ1) is 8.58. The largest absolute Gasteiger partial charge is 0.486 e. The van der Waals surface area contributed by atoms with Gasteiger partial charge in [0.05, 0.1) is 12.3 Å². The van der Waals surface area contributed by atoms with E-state index in [0.29, 0.717) is 17.5 Å². The Morgan fingerprint density at radius 1 is 1.50 bits per heavy atom. The van der Waals surface area contributed by atoms with Gasteiger partial charge in [-0.15, -0.1) is 0 Å². The number of benzene rings is 1. The number of hydrogen-bond acceptors (Lipinski definition) is 3. The molecule has 1 aromatic carbocycles. The lowest BCUT2D eigenvalue weighted by Crippen LogP contribution is -2.04. The van der Waals surface area contributed by atoms with Crippen molar-refractivity contribution in [2.45, 2.75) is 19.6 Å². The van der Waals surface area contributed by atoms with Crippen molar-refractivity contribution in [3.8, 4) is 5.75 Å². The number of aliphatic hydroxyl groups is 1. The molecule has 0 spiro atoms. The van der Waals surface area contributed by atoms with Gasteiger partial charge in [0.1, 0.15) is 23.3 Å². The normalized spacial score (nSPS) is 12.4. The lowest BCUT2D eigenvalue weighted by Gasteiger charge is -2.09. The number of imidazole rings is 1. The van der Waals surface area contributed by atoms with Gasteiger partial charge in [-0.05, 0) is 24.6 Å². The second-order valence-electron chi connectivity index (χ2n) is 4.09. The highest BCUT2D eigenvalue weighted by molar-refractivity contribution is 6.29. The zero-order valence-corrected chi connectivity index (χ0v) is 11.1. The van der Waals surface area contributed by atoms with Crippen LogP contribution in [0.2, 0.25) is 5.15 Å². The number of hydrogen-bond donors (Lipinski definition) is 1. The van der Waals surface area contributed by atoms with Crippen LogP contribution in [0, 0.1) is 0 Å². The first-order valence-corrected chi connectivity index (χ1v) is 6.02. The third-order valence-corrected chi connectivity index (χ3v) is 3.09. The zero-order valence-electron chi connectivity index (χ0n) is 10.3. The fourth-order valence-corrected chi connectivity index (χ4v) is 1.72. The van der Waals surface area contributed by atoms with Crippen molar-refractivity contribution >= 4 is 11.6 Å². The smallest absolute Gasteiger partial charge is 0.147 e. The van der Waals surface area contributed by atoms with E-state index in [2.05, 4.69) is 4.98 Å². The van der Waals surface area contributed by atoms with E-state index in [4.69, 9.17) is 16.3 Å². The minimum atomic E-state index is -0.504. The highest BCUT2D eigenvalue weighted by atomic mass is 35.5. The summed E-state index contributed by atoms with van der Waals surface area (Å²) >= 11 is 5.89. The molecule has 2 aromatic rings. The second-order valence-corrected chi connectivity index (χ2v) is 4.48. The van der Waals surface area contributed by atoms with E-state index in [1.807, 2.05) is 31.3 Å². The van der Waals surface area contributed by atoms with Crippen LogP contribution in [-0.4, -0.2) is 14.7 Å². The highest BCUT2D eigenvalue weighted by Crippen LogP contribution is 2.20. The van der Waals surface area contributed by atoms with Gasteiger partial charge in [0, 0.05) is 7.05 Å². The SMILES string of the molecule is CC(O)c1cccc(OCc2ncc(Cl)n2C)c1. The standard InChI is InChI=1S/C13H15ClN2O2/c1-9(17)10-4-3-5-11(6-10)18-8-13-15-7-12(14)16(13)2/h3-7,9,17H,8H2,1-2H3. The molecule has 0 saturated carbocycles. The van der Waals surface area contributed by atoms with Gasteiger partial charge in [-0.2, -0.15) is 0 Å². The van der Waals surface area contributed by atoms with E-state index in [9.17, 15) is 5.11 Å². The number of ether oxygens (including phenoxy) is 1. The number of aliphatic hydroxyl groups excluding tert-OH is 1. The monoisotopic (exact) mass is 266 g/mol. The van der Waals surface area contributed by atoms with Crippen LogP contribution in [-0.2, 0) is 13.7 Å². The first kappa shape index (κ1) is 12.9. The Bertz CT molecular complexity index is 538. The molecule has 96 valence electrons. The van der Waals surface area contributed by atoms with E-state index in [1.54, 1.807) is 17.7 Å². The minimum absolute atomic E-state index is 0.340. The van der Waals surface area contributed by atoms with Crippen LogP contribution in [0.1, 0.15) is 24.4 Å². The molecule has 1 N–H and O–H groups in total. The van der Waals surface area contributed by atoms with E-state index >= 15 is 0 Å². The maximum absolute atomic E-state index is 9.49. The first-order valence-electron chi connectivity index (χ1n) is 5.65. The molecule has 1 unspecified atom stereocenters. The molecule has 0 aliphatic heterocycles. The van der Waals surface area contributed by atoms with Crippen LogP contribution in [0.4, 0.5) is 0 Å². The average molecular weight is 267 g/mol. The summed E-state index contributed by atoms with van der Waals surface area (Å²) in [5, 5.41) is 10.1. The Morgan fingerprint density at radius 3 is 2.89 bits per heavy atom. The average Bonchev–Trinajstić information content (AvgIpc) is 2.68. The Hall–Kier alpha value is -1.52. The molecule has 5 heteroatoms. The summed E-state index contributed by atoms with van der Waals surface area (Å²) in [6, 6.07) is 7.36. The maximum Gasteiger partial charge on any atom is 0.147 e.